The van der Waals surface area contributed by atoms with Gasteiger partial charge in [0.1, 0.15) is 0 Å². The smallest absolute Gasteiger partial charge is 0.271 e. The summed E-state index contributed by atoms with van der Waals surface area (Å²) in [6.07, 6.45) is 5.67. The first-order valence-electron chi connectivity index (χ1n) is 11.8. The minimum atomic E-state index is -0.311. The lowest BCUT2D eigenvalue weighted by atomic mass is 9.76. The van der Waals surface area contributed by atoms with Crippen molar-refractivity contribution in [1.82, 2.24) is 5.43 Å². The van der Waals surface area contributed by atoms with Crippen molar-refractivity contribution in [2.75, 3.05) is 19.5 Å². The number of allylic oxidation sites excluding steroid dienone is 2. The van der Waals surface area contributed by atoms with Gasteiger partial charge in [0.25, 0.3) is 5.91 Å². The van der Waals surface area contributed by atoms with E-state index in [4.69, 9.17) is 9.47 Å². The van der Waals surface area contributed by atoms with E-state index >= 15 is 0 Å². The summed E-state index contributed by atoms with van der Waals surface area (Å²) in [5, 5.41) is 8.14. The summed E-state index contributed by atoms with van der Waals surface area (Å²) in [6, 6.07) is 22.3. The van der Waals surface area contributed by atoms with Gasteiger partial charge in [-0.1, -0.05) is 48.6 Å². The van der Waals surface area contributed by atoms with E-state index in [-0.39, 0.29) is 11.9 Å². The number of carbonyl (C=O) groups is 1. The maximum atomic E-state index is 12.7. The molecule has 0 radical (unpaired) electrons. The molecule has 1 heterocycles. The second kappa shape index (κ2) is 9.66. The van der Waals surface area contributed by atoms with E-state index < -0.39 is 0 Å². The lowest BCUT2D eigenvalue weighted by Crippen LogP contribution is -2.29. The van der Waals surface area contributed by atoms with E-state index in [1.54, 1.807) is 32.4 Å². The van der Waals surface area contributed by atoms with Crippen LogP contribution < -0.4 is 20.2 Å². The minimum absolute atomic E-state index is 0.282. The number of nitrogens with zero attached hydrogens (tertiary/aromatic N) is 1. The van der Waals surface area contributed by atoms with Crippen molar-refractivity contribution < 1.29 is 14.3 Å². The highest BCUT2D eigenvalue weighted by Crippen LogP contribution is 2.49. The number of carbonyl (C=O) groups excluding carboxylic acids is 1. The molecule has 1 aliphatic heterocycles. The quantitative estimate of drug-likeness (QED) is 0.278. The van der Waals surface area contributed by atoms with Crippen LogP contribution in [0.15, 0.2) is 84.0 Å². The maximum Gasteiger partial charge on any atom is 0.271 e. The van der Waals surface area contributed by atoms with Gasteiger partial charge >= 0.3 is 0 Å². The molecule has 0 unspecified atom stereocenters. The van der Waals surface area contributed by atoms with Crippen LogP contribution in [0.3, 0.4) is 0 Å². The summed E-state index contributed by atoms with van der Waals surface area (Å²) in [5.74, 6) is 1.58. The van der Waals surface area contributed by atoms with Crippen molar-refractivity contribution in [3.63, 3.8) is 0 Å². The fourth-order valence-corrected chi connectivity index (χ4v) is 5.05. The van der Waals surface area contributed by atoms with Gasteiger partial charge in [-0.05, 0) is 66.3 Å². The van der Waals surface area contributed by atoms with Crippen LogP contribution in [0.25, 0.3) is 0 Å². The molecule has 3 aromatic carbocycles. The van der Waals surface area contributed by atoms with E-state index in [0.29, 0.717) is 28.9 Å². The molecule has 178 valence electrons. The third-order valence-corrected chi connectivity index (χ3v) is 6.91. The zero-order valence-electron chi connectivity index (χ0n) is 20.1. The Morgan fingerprint density at radius 1 is 0.971 bits per heavy atom. The van der Waals surface area contributed by atoms with Gasteiger partial charge in [-0.25, -0.2) is 5.43 Å². The first-order valence-corrected chi connectivity index (χ1v) is 11.8. The van der Waals surface area contributed by atoms with Crippen LogP contribution in [0.5, 0.6) is 11.5 Å². The molecular formula is C29H29N3O3. The Morgan fingerprint density at radius 3 is 2.51 bits per heavy atom. The monoisotopic (exact) mass is 467 g/mol. The van der Waals surface area contributed by atoms with Gasteiger partial charge in [0.15, 0.2) is 11.5 Å². The van der Waals surface area contributed by atoms with Crippen LogP contribution in [-0.2, 0) is 0 Å². The van der Waals surface area contributed by atoms with Gasteiger partial charge in [-0.3, -0.25) is 4.79 Å². The van der Waals surface area contributed by atoms with Crippen molar-refractivity contribution in [2.24, 2.45) is 11.0 Å². The Balaban J connectivity index is 1.36. The van der Waals surface area contributed by atoms with Crippen LogP contribution in [0.2, 0.25) is 0 Å². The number of rotatable bonds is 6. The van der Waals surface area contributed by atoms with Crippen molar-refractivity contribution in [1.29, 1.82) is 0 Å². The largest absolute Gasteiger partial charge is 0.493 e. The molecule has 0 bridgehead atoms. The summed E-state index contributed by atoms with van der Waals surface area (Å²) < 4.78 is 10.5. The molecule has 0 saturated heterocycles. The fourth-order valence-electron chi connectivity index (χ4n) is 5.05. The van der Waals surface area contributed by atoms with Gasteiger partial charge in [0.05, 0.1) is 26.0 Å². The third kappa shape index (κ3) is 4.39. The highest BCUT2D eigenvalue weighted by atomic mass is 16.5. The number of fused-ring (bicyclic) bond motifs is 3. The normalized spacial score (nSPS) is 20.4. The Labute approximate surface area is 205 Å². The molecule has 1 amide bonds. The first-order chi connectivity index (χ1) is 17.1. The molecule has 35 heavy (non-hydrogen) atoms. The Kier molecular flexibility index (Phi) is 6.27. The van der Waals surface area contributed by atoms with Gasteiger partial charge in [-0.2, -0.15) is 5.10 Å². The molecule has 6 nitrogen and oxygen atoms in total. The lowest BCUT2D eigenvalue weighted by Gasteiger charge is -2.37. The van der Waals surface area contributed by atoms with Gasteiger partial charge < -0.3 is 14.8 Å². The molecule has 5 rings (SSSR count). The van der Waals surface area contributed by atoms with Gasteiger partial charge in [0, 0.05) is 17.2 Å². The fraction of sp³-hybridized carbons (Fsp3) is 0.241. The first kappa shape index (κ1) is 22.7. The topological polar surface area (TPSA) is 72.0 Å². The van der Waals surface area contributed by atoms with Crippen LogP contribution in [-0.4, -0.2) is 25.8 Å². The summed E-state index contributed by atoms with van der Waals surface area (Å²) >= 11 is 0. The molecule has 1 aliphatic carbocycles. The second-order valence-electron chi connectivity index (χ2n) is 8.90. The second-order valence-corrected chi connectivity index (χ2v) is 8.90. The van der Waals surface area contributed by atoms with Gasteiger partial charge in [-0.15, -0.1) is 0 Å². The average Bonchev–Trinajstić information content (AvgIpc) is 3.41. The Hall–Kier alpha value is -4.06. The molecule has 0 fully saturated rings. The van der Waals surface area contributed by atoms with E-state index in [2.05, 4.69) is 70.5 Å². The summed E-state index contributed by atoms with van der Waals surface area (Å²) in [6.45, 7) is 1.90. The maximum absolute atomic E-state index is 12.7. The van der Waals surface area contributed by atoms with Crippen molar-refractivity contribution in [3.05, 3.63) is 101 Å². The Morgan fingerprint density at radius 2 is 1.74 bits per heavy atom. The number of hydrogen-bond acceptors (Lipinski definition) is 5. The number of ether oxygens (including phenoxy) is 2. The molecule has 0 saturated carbocycles. The number of methoxy groups -OCH3 is 2. The zero-order chi connectivity index (χ0) is 24.4. The number of nitrogens with one attached hydrogen (secondary N) is 2. The molecule has 3 aromatic rings. The average molecular weight is 468 g/mol. The number of benzene rings is 3. The molecule has 2 aliphatic rings. The standard InChI is InChI=1S/C29H29N3O3/c1-18(31-32-29(33)21-13-15-26(34-2)27(17-21)35-3)20-12-14-25-24(16-20)22-10-7-11-23(22)28(30-25)19-8-5-4-6-9-19/h4-10,12-17,22-23,28,30H,11H2,1-3H3,(H,32,33)/b31-18+/t22-,23+,28+/m0/s1. The highest BCUT2D eigenvalue weighted by Gasteiger charge is 2.37. The van der Waals surface area contributed by atoms with Crippen LogP contribution >= 0.6 is 0 Å². The molecule has 2 N–H and O–H groups in total. The predicted octanol–water partition coefficient (Wildman–Crippen LogP) is 5.68. The number of hydrogen-bond donors (Lipinski definition) is 2. The van der Waals surface area contributed by atoms with E-state index in [0.717, 1.165) is 23.4 Å². The molecule has 3 atom stereocenters. The molecule has 0 aromatic heterocycles. The molecule has 0 spiro atoms. The van der Waals surface area contributed by atoms with Crippen LogP contribution in [0, 0.1) is 5.92 Å². The third-order valence-electron chi connectivity index (χ3n) is 6.91. The van der Waals surface area contributed by atoms with Crippen molar-refractivity contribution in [2.45, 2.75) is 25.3 Å². The number of hydrazone groups is 1. The minimum Gasteiger partial charge on any atom is -0.493 e. The van der Waals surface area contributed by atoms with Crippen LogP contribution in [0.1, 0.15) is 52.4 Å². The molecular weight excluding hydrogens is 438 g/mol. The van der Waals surface area contributed by atoms with E-state index in [1.165, 1.54) is 11.1 Å². The summed E-state index contributed by atoms with van der Waals surface area (Å²) in [4.78, 5) is 12.7. The van der Waals surface area contributed by atoms with E-state index in [9.17, 15) is 4.79 Å². The zero-order valence-corrected chi connectivity index (χ0v) is 20.1. The predicted molar refractivity (Wildman–Crippen MR) is 138 cm³/mol. The van der Waals surface area contributed by atoms with Crippen molar-refractivity contribution >= 4 is 17.3 Å². The van der Waals surface area contributed by atoms with Crippen molar-refractivity contribution in [3.8, 4) is 11.5 Å². The number of anilines is 1. The summed E-state index contributed by atoms with van der Waals surface area (Å²) in [5.41, 5.74) is 8.57. The van der Waals surface area contributed by atoms with Crippen LogP contribution in [0.4, 0.5) is 5.69 Å². The lowest BCUT2D eigenvalue weighted by molar-refractivity contribution is 0.0954. The van der Waals surface area contributed by atoms with E-state index in [1.807, 2.05) is 13.0 Å². The Bertz CT molecular complexity index is 1300. The highest BCUT2D eigenvalue weighted by molar-refractivity contribution is 6.01. The molecule has 6 heteroatoms. The summed E-state index contributed by atoms with van der Waals surface area (Å²) in [7, 11) is 3.10. The van der Waals surface area contributed by atoms with Gasteiger partial charge in [0.2, 0.25) is 0 Å². The SMILES string of the molecule is COc1ccc(C(=O)N/N=C(\C)c2ccc3c(c2)[C@H]2C=CC[C@H]2[C@@H](c2ccccc2)N3)cc1OC. The number of amides is 1.